The molecule has 1 aromatic heterocycles. The van der Waals surface area contributed by atoms with Gasteiger partial charge in [-0.1, -0.05) is 11.6 Å². The van der Waals surface area contributed by atoms with Gasteiger partial charge in [-0.3, -0.25) is 14.6 Å². The molecule has 2 aliphatic heterocycles. The van der Waals surface area contributed by atoms with Crippen molar-refractivity contribution in [2.45, 2.75) is 26.8 Å². The number of carbonyl (C=O) groups is 2. The zero-order valence-corrected chi connectivity index (χ0v) is 20.6. The molecule has 0 aliphatic carbocycles. The molecule has 4 N–H and O–H groups in total. The Labute approximate surface area is 203 Å². The van der Waals surface area contributed by atoms with Crippen molar-refractivity contribution >= 4 is 52.0 Å². The SMILES string of the molecule is CN=C(C)/C1=C(\N)COCC(C)N(C)C(=O)c2cc(C)[nH]c2/C=C2\C(=O)Nc3c(Cl)cc1cc32. The summed E-state index contributed by atoms with van der Waals surface area (Å²) in [7, 11) is 3.42. The normalized spacial score (nSPS) is 23.1. The molecule has 0 spiro atoms. The average molecular weight is 482 g/mol. The van der Waals surface area contributed by atoms with Gasteiger partial charge in [-0.25, -0.2) is 0 Å². The Morgan fingerprint density at radius 3 is 2.71 bits per heavy atom. The lowest BCUT2D eigenvalue weighted by Gasteiger charge is -2.25. The lowest BCUT2D eigenvalue weighted by molar-refractivity contribution is -0.110. The highest BCUT2D eigenvalue weighted by Gasteiger charge is 2.30. The van der Waals surface area contributed by atoms with E-state index in [-0.39, 0.29) is 24.5 Å². The number of carbonyl (C=O) groups excluding carboxylic acids is 2. The topological polar surface area (TPSA) is 113 Å². The van der Waals surface area contributed by atoms with Gasteiger partial charge in [0.05, 0.1) is 46.8 Å². The Kier molecular flexibility index (Phi) is 6.38. The number of H-pyrrole nitrogens is 1. The molecule has 1 aromatic carbocycles. The van der Waals surface area contributed by atoms with E-state index in [4.69, 9.17) is 22.1 Å². The number of ether oxygens (including phenoxy) is 1. The maximum absolute atomic E-state index is 13.3. The second-order valence-electron chi connectivity index (χ2n) is 8.66. The van der Waals surface area contributed by atoms with E-state index in [1.54, 1.807) is 37.2 Å². The van der Waals surface area contributed by atoms with Crippen molar-refractivity contribution in [1.82, 2.24) is 9.88 Å². The maximum atomic E-state index is 13.3. The summed E-state index contributed by atoms with van der Waals surface area (Å²) >= 11 is 6.60. The van der Waals surface area contributed by atoms with Gasteiger partial charge in [0.1, 0.15) is 0 Å². The van der Waals surface area contributed by atoms with E-state index in [1.165, 1.54) is 0 Å². The number of aromatic amines is 1. The Morgan fingerprint density at radius 1 is 1.26 bits per heavy atom. The number of amides is 2. The first-order valence-corrected chi connectivity index (χ1v) is 11.3. The molecule has 2 amide bonds. The summed E-state index contributed by atoms with van der Waals surface area (Å²) in [6, 6.07) is 5.21. The number of rotatable bonds is 1. The van der Waals surface area contributed by atoms with Crippen LogP contribution in [0.5, 0.6) is 0 Å². The van der Waals surface area contributed by atoms with Crippen LogP contribution in [-0.2, 0) is 9.53 Å². The van der Waals surface area contributed by atoms with Crippen LogP contribution in [0.15, 0.2) is 28.9 Å². The Bertz CT molecular complexity index is 1290. The molecule has 1 atom stereocenters. The molecule has 1 unspecified atom stereocenters. The van der Waals surface area contributed by atoms with Crippen molar-refractivity contribution in [2.75, 3.05) is 32.6 Å². The number of allylic oxidation sites excluding steroid dienone is 1. The number of halogens is 1. The quantitative estimate of drug-likeness (QED) is 0.538. The van der Waals surface area contributed by atoms with Crippen LogP contribution in [0.1, 0.15) is 46.7 Å². The van der Waals surface area contributed by atoms with Gasteiger partial charge in [0.25, 0.3) is 11.8 Å². The summed E-state index contributed by atoms with van der Waals surface area (Å²) in [4.78, 5) is 35.4. The van der Waals surface area contributed by atoms with Crippen molar-refractivity contribution in [3.05, 3.63) is 57.0 Å². The van der Waals surface area contributed by atoms with Gasteiger partial charge in [-0.15, -0.1) is 0 Å². The summed E-state index contributed by atoms with van der Waals surface area (Å²) in [5.74, 6) is -0.473. The molecule has 2 aromatic rings. The van der Waals surface area contributed by atoms with Crippen LogP contribution in [0.2, 0.25) is 5.02 Å². The molecule has 8 nitrogen and oxygen atoms in total. The van der Waals surface area contributed by atoms with E-state index in [0.29, 0.717) is 56.7 Å². The number of hydrogen-bond acceptors (Lipinski definition) is 5. The van der Waals surface area contributed by atoms with E-state index in [2.05, 4.69) is 15.3 Å². The van der Waals surface area contributed by atoms with Crippen molar-refractivity contribution in [1.29, 1.82) is 0 Å². The third kappa shape index (κ3) is 4.15. The first-order valence-electron chi connectivity index (χ1n) is 11.0. The third-order valence-electron chi connectivity index (χ3n) is 6.27. The van der Waals surface area contributed by atoms with Gasteiger partial charge < -0.3 is 25.7 Å². The number of fused-ring (bicyclic) bond motifs is 2. The smallest absolute Gasteiger partial charge is 0.256 e. The van der Waals surface area contributed by atoms with Crippen molar-refractivity contribution < 1.29 is 14.3 Å². The van der Waals surface area contributed by atoms with Crippen molar-refractivity contribution in [2.24, 2.45) is 10.7 Å². The molecule has 9 heteroatoms. The molecule has 0 saturated heterocycles. The highest BCUT2D eigenvalue weighted by Crippen LogP contribution is 2.41. The van der Waals surface area contributed by atoms with Crippen LogP contribution in [0.3, 0.4) is 0 Å². The zero-order chi connectivity index (χ0) is 24.7. The minimum atomic E-state index is -0.298. The van der Waals surface area contributed by atoms with Gasteiger partial charge in [0.2, 0.25) is 0 Å². The number of benzene rings is 1. The van der Waals surface area contributed by atoms with Crippen molar-refractivity contribution in [3.8, 4) is 0 Å². The van der Waals surface area contributed by atoms with Crippen molar-refractivity contribution in [3.63, 3.8) is 0 Å². The molecular weight excluding hydrogens is 454 g/mol. The van der Waals surface area contributed by atoms with E-state index in [9.17, 15) is 9.59 Å². The lowest BCUT2D eigenvalue weighted by Crippen LogP contribution is -2.38. The van der Waals surface area contributed by atoms with Crippen LogP contribution in [0, 0.1) is 6.92 Å². The maximum Gasteiger partial charge on any atom is 0.256 e. The molecule has 178 valence electrons. The minimum Gasteiger partial charge on any atom is -0.400 e. The Hall–Kier alpha value is -3.36. The fraction of sp³-hybridized carbons (Fsp3) is 0.320. The summed E-state index contributed by atoms with van der Waals surface area (Å²) in [6.07, 6.45) is 1.70. The molecule has 2 aliphatic rings. The number of hydrogen-bond donors (Lipinski definition) is 3. The first-order chi connectivity index (χ1) is 16.1. The van der Waals surface area contributed by atoms with Crippen LogP contribution in [0.4, 0.5) is 5.69 Å². The van der Waals surface area contributed by atoms with E-state index >= 15 is 0 Å². The number of anilines is 1. The van der Waals surface area contributed by atoms with Gasteiger partial charge >= 0.3 is 0 Å². The van der Waals surface area contributed by atoms with Crippen LogP contribution in [-0.4, -0.2) is 60.8 Å². The predicted octanol–water partition coefficient (Wildman–Crippen LogP) is 3.72. The molecule has 0 saturated carbocycles. The monoisotopic (exact) mass is 481 g/mol. The first kappa shape index (κ1) is 23.8. The van der Waals surface area contributed by atoms with Gasteiger partial charge in [0.15, 0.2) is 0 Å². The van der Waals surface area contributed by atoms with Gasteiger partial charge in [0, 0.05) is 42.3 Å². The predicted molar refractivity (Wildman–Crippen MR) is 136 cm³/mol. The standard InChI is InChI=1S/C25H28ClN5O3/c1-12-6-18-21(29-12)9-17-16-7-15(8-19(26)23(16)30-24(17)32)22(14(3)28-4)20(27)11-34-10-13(2)31(5)25(18)33/h6-9,13,29H,10-11,27H2,1-5H3,(H,30,32)/b17-9-,22-20+,28-14?. The number of nitrogens with two attached hydrogens (primary N) is 1. The molecule has 2 bridgehead atoms. The summed E-state index contributed by atoms with van der Waals surface area (Å²) < 4.78 is 5.90. The van der Waals surface area contributed by atoms with E-state index < -0.39 is 0 Å². The number of aromatic nitrogens is 1. The molecular formula is C25H28ClN5O3. The molecule has 0 radical (unpaired) electrons. The van der Waals surface area contributed by atoms with Crippen LogP contribution < -0.4 is 11.1 Å². The third-order valence-corrected chi connectivity index (χ3v) is 6.57. The second-order valence-corrected chi connectivity index (χ2v) is 9.07. The van der Waals surface area contributed by atoms with Crippen LogP contribution in [0.25, 0.3) is 17.2 Å². The Morgan fingerprint density at radius 2 is 2.00 bits per heavy atom. The average Bonchev–Trinajstić information content (AvgIpc) is 3.32. The summed E-state index contributed by atoms with van der Waals surface area (Å²) in [6.45, 7) is 6.09. The summed E-state index contributed by atoms with van der Waals surface area (Å²) in [5, 5.41) is 3.23. The number of aliphatic imine (C=N–C) groups is 1. The van der Waals surface area contributed by atoms with E-state index in [0.717, 1.165) is 11.3 Å². The number of nitrogens with zero attached hydrogens (tertiary/aromatic N) is 2. The fourth-order valence-corrected chi connectivity index (χ4v) is 4.50. The number of aryl methyl sites for hydroxylation is 1. The molecule has 0 fully saturated rings. The lowest BCUT2D eigenvalue weighted by atomic mass is 9.95. The van der Waals surface area contributed by atoms with Gasteiger partial charge in [-0.05, 0) is 50.6 Å². The van der Waals surface area contributed by atoms with Gasteiger partial charge in [-0.2, -0.15) is 0 Å². The fourth-order valence-electron chi connectivity index (χ4n) is 4.23. The highest BCUT2D eigenvalue weighted by molar-refractivity contribution is 6.41. The molecule has 3 heterocycles. The largest absolute Gasteiger partial charge is 0.400 e. The highest BCUT2D eigenvalue weighted by atomic mass is 35.5. The van der Waals surface area contributed by atoms with Crippen LogP contribution >= 0.6 is 11.6 Å². The van der Waals surface area contributed by atoms with E-state index in [1.807, 2.05) is 26.8 Å². The number of likely N-dealkylation sites (N-methyl/N-ethyl adjacent to an activating group) is 1. The Balaban J connectivity index is 2.00. The minimum absolute atomic E-state index is 0.150. The second kappa shape index (κ2) is 9.12. The number of nitrogens with one attached hydrogen (secondary N) is 2. The molecule has 4 rings (SSSR count). The summed E-state index contributed by atoms with van der Waals surface area (Å²) in [5.41, 5.74) is 12.5. The molecule has 34 heavy (non-hydrogen) atoms. The zero-order valence-electron chi connectivity index (χ0n) is 19.9.